The lowest BCUT2D eigenvalue weighted by atomic mass is 9.96. The number of rotatable bonds is 10. The van der Waals surface area contributed by atoms with Gasteiger partial charge in [-0.25, -0.2) is 4.79 Å². The molecule has 3 heterocycles. The van der Waals surface area contributed by atoms with Crippen molar-refractivity contribution >= 4 is 34.4 Å². The first-order chi connectivity index (χ1) is 16.4. The predicted molar refractivity (Wildman–Crippen MR) is 131 cm³/mol. The molecule has 0 aliphatic heterocycles. The first-order valence-corrected chi connectivity index (χ1v) is 12.1. The van der Waals surface area contributed by atoms with Gasteiger partial charge < -0.3 is 9.51 Å². The number of nitrogens with zero attached hydrogens (tertiary/aromatic N) is 5. The van der Waals surface area contributed by atoms with Gasteiger partial charge in [0.15, 0.2) is 17.0 Å². The van der Waals surface area contributed by atoms with E-state index in [1.54, 1.807) is 0 Å². The monoisotopic (exact) mass is 504 g/mol. The van der Waals surface area contributed by atoms with Crippen LogP contribution >= 0.6 is 23.2 Å². The molecule has 180 valence electrons. The van der Waals surface area contributed by atoms with E-state index in [1.165, 1.54) is 9.13 Å². The maximum atomic E-state index is 13.0. The number of H-pyrrole nitrogens is 1. The van der Waals surface area contributed by atoms with Gasteiger partial charge >= 0.3 is 5.69 Å². The second kappa shape index (κ2) is 10.6. The number of unbranched alkanes of at least 4 members (excludes halogenated alkanes) is 1. The van der Waals surface area contributed by atoms with E-state index in [4.69, 9.17) is 27.7 Å². The number of benzene rings is 1. The molecule has 1 N–H and O–H groups in total. The van der Waals surface area contributed by atoms with Crippen molar-refractivity contribution in [3.05, 3.63) is 72.7 Å². The molecule has 11 heteroatoms. The molecule has 34 heavy (non-hydrogen) atoms. The largest absolute Gasteiger partial charge is 0.339 e. The maximum absolute atomic E-state index is 13.0. The van der Waals surface area contributed by atoms with Crippen molar-refractivity contribution in [2.24, 2.45) is 0 Å². The van der Waals surface area contributed by atoms with Crippen LogP contribution in [0.2, 0.25) is 10.3 Å². The Labute approximate surface area is 205 Å². The lowest BCUT2D eigenvalue weighted by Gasteiger charge is -2.11. The van der Waals surface area contributed by atoms with Gasteiger partial charge in [-0.15, -0.1) is 0 Å². The van der Waals surface area contributed by atoms with E-state index in [0.29, 0.717) is 41.8 Å². The molecule has 1 aromatic carbocycles. The fourth-order valence-electron chi connectivity index (χ4n) is 4.02. The summed E-state index contributed by atoms with van der Waals surface area (Å²) in [6.45, 7) is 4.76. The van der Waals surface area contributed by atoms with E-state index in [-0.39, 0.29) is 23.3 Å². The number of imidazole rings is 1. The van der Waals surface area contributed by atoms with Crippen LogP contribution in [0.5, 0.6) is 0 Å². The molecule has 0 radical (unpaired) electrons. The first kappa shape index (κ1) is 24.2. The fourth-order valence-corrected chi connectivity index (χ4v) is 4.32. The molecule has 0 bridgehead atoms. The van der Waals surface area contributed by atoms with Crippen LogP contribution in [-0.4, -0.2) is 29.2 Å². The van der Waals surface area contributed by atoms with Gasteiger partial charge in [-0.2, -0.15) is 9.97 Å². The van der Waals surface area contributed by atoms with Crippen LogP contribution in [-0.2, 0) is 19.5 Å². The van der Waals surface area contributed by atoms with Gasteiger partial charge in [0.25, 0.3) is 5.56 Å². The number of aromatic amines is 1. The second-order valence-electron chi connectivity index (χ2n) is 8.13. The van der Waals surface area contributed by atoms with Crippen molar-refractivity contribution < 1.29 is 4.52 Å². The van der Waals surface area contributed by atoms with E-state index < -0.39 is 11.2 Å². The maximum Gasteiger partial charge on any atom is 0.332 e. The van der Waals surface area contributed by atoms with Crippen molar-refractivity contribution in [3.8, 4) is 0 Å². The van der Waals surface area contributed by atoms with Crippen molar-refractivity contribution in [1.29, 1.82) is 0 Å². The van der Waals surface area contributed by atoms with Crippen molar-refractivity contribution in [2.75, 3.05) is 0 Å². The van der Waals surface area contributed by atoms with E-state index in [2.05, 4.69) is 27.0 Å². The highest BCUT2D eigenvalue weighted by Crippen LogP contribution is 2.27. The van der Waals surface area contributed by atoms with Crippen molar-refractivity contribution in [3.63, 3.8) is 0 Å². The highest BCUT2D eigenvalue weighted by atomic mass is 35.5. The Hall–Kier alpha value is -2.91. The molecular formula is C23H26Cl2N6O3. The van der Waals surface area contributed by atoms with Gasteiger partial charge in [-0.1, -0.05) is 49.2 Å². The normalized spacial score (nSPS) is 12.5. The molecule has 0 saturated carbocycles. The molecule has 3 aromatic heterocycles. The molecule has 1 atom stereocenters. The molecule has 4 aromatic rings. The molecule has 0 fully saturated rings. The van der Waals surface area contributed by atoms with Crippen LogP contribution in [0.25, 0.3) is 11.2 Å². The third-order valence-corrected chi connectivity index (χ3v) is 6.25. The second-order valence-corrected chi connectivity index (χ2v) is 8.93. The Balaban J connectivity index is 1.51. The number of aryl methyl sites for hydroxylation is 2. The zero-order valence-corrected chi connectivity index (χ0v) is 20.6. The van der Waals surface area contributed by atoms with E-state index >= 15 is 0 Å². The molecule has 0 aliphatic rings. The van der Waals surface area contributed by atoms with Crippen LogP contribution in [0.4, 0.5) is 0 Å². The van der Waals surface area contributed by atoms with Crippen molar-refractivity contribution in [2.45, 2.75) is 65.0 Å². The average molecular weight is 505 g/mol. The van der Waals surface area contributed by atoms with Gasteiger partial charge in [0.1, 0.15) is 0 Å². The van der Waals surface area contributed by atoms with Gasteiger partial charge in [-0.05, 0) is 48.6 Å². The van der Waals surface area contributed by atoms with E-state index in [0.717, 1.165) is 24.8 Å². The van der Waals surface area contributed by atoms with Crippen molar-refractivity contribution in [1.82, 2.24) is 29.2 Å². The lowest BCUT2D eigenvalue weighted by Crippen LogP contribution is -2.40. The Morgan fingerprint density at radius 2 is 1.76 bits per heavy atom. The highest BCUT2D eigenvalue weighted by Gasteiger charge is 2.20. The standard InChI is InChI=1S/C23H26Cl2N6O3/c1-3-5-12-30-20-18(27-22(25)28-20)21(32)31(23(30)33)13-6-7-17-26-19(29-34-17)16(4-2)14-8-10-15(24)11-9-14/h8-11,16H,3-7,12-13H2,1-2H3,(H,27,28). The van der Waals surface area contributed by atoms with Gasteiger partial charge in [0, 0.05) is 30.5 Å². The van der Waals surface area contributed by atoms with Gasteiger partial charge in [0.2, 0.25) is 11.2 Å². The molecular weight excluding hydrogens is 479 g/mol. The van der Waals surface area contributed by atoms with Crippen LogP contribution in [0.1, 0.15) is 62.7 Å². The quantitative estimate of drug-likeness (QED) is 0.317. The molecule has 0 aliphatic carbocycles. The summed E-state index contributed by atoms with van der Waals surface area (Å²) in [7, 11) is 0. The Kier molecular flexibility index (Phi) is 7.53. The molecule has 0 amide bonds. The minimum atomic E-state index is -0.438. The van der Waals surface area contributed by atoms with Crippen LogP contribution < -0.4 is 11.2 Å². The number of fused-ring (bicyclic) bond motifs is 1. The first-order valence-electron chi connectivity index (χ1n) is 11.4. The molecule has 0 spiro atoms. The third kappa shape index (κ3) is 4.95. The van der Waals surface area contributed by atoms with E-state index in [9.17, 15) is 9.59 Å². The lowest BCUT2D eigenvalue weighted by molar-refractivity contribution is 0.364. The average Bonchev–Trinajstić information content (AvgIpc) is 3.44. The SMILES string of the molecule is CCCCn1c(=O)n(CCCc2nc(C(CC)c3ccc(Cl)cc3)no2)c(=O)c2[nH]c(Cl)nc21. The molecule has 4 rings (SSSR count). The topological polar surface area (TPSA) is 112 Å². The minimum absolute atomic E-state index is 0.00399. The summed E-state index contributed by atoms with van der Waals surface area (Å²) in [5.41, 5.74) is 0.750. The zero-order chi connectivity index (χ0) is 24.2. The zero-order valence-electron chi connectivity index (χ0n) is 19.1. The summed E-state index contributed by atoms with van der Waals surface area (Å²) in [4.78, 5) is 37.4. The third-order valence-electron chi connectivity index (χ3n) is 5.82. The summed E-state index contributed by atoms with van der Waals surface area (Å²) in [6.07, 6.45) is 3.41. The van der Waals surface area contributed by atoms with Gasteiger partial charge in [-0.3, -0.25) is 13.9 Å². The van der Waals surface area contributed by atoms with Crippen LogP contribution in [0.3, 0.4) is 0 Å². The number of halogens is 2. The van der Waals surface area contributed by atoms with E-state index in [1.807, 2.05) is 31.2 Å². The number of aromatic nitrogens is 6. The van der Waals surface area contributed by atoms with Crippen LogP contribution in [0.15, 0.2) is 38.4 Å². The van der Waals surface area contributed by atoms with Gasteiger partial charge in [0.05, 0.1) is 0 Å². The summed E-state index contributed by atoms with van der Waals surface area (Å²) in [6, 6.07) is 7.60. The molecule has 9 nitrogen and oxygen atoms in total. The smallest absolute Gasteiger partial charge is 0.332 e. The Morgan fingerprint density at radius 3 is 2.47 bits per heavy atom. The predicted octanol–water partition coefficient (Wildman–Crippen LogP) is 4.55. The summed E-state index contributed by atoms with van der Waals surface area (Å²) < 4.78 is 8.17. The minimum Gasteiger partial charge on any atom is -0.339 e. The Morgan fingerprint density at radius 1 is 1.03 bits per heavy atom. The number of hydrogen-bond donors (Lipinski definition) is 1. The Bertz CT molecular complexity index is 1390. The summed E-state index contributed by atoms with van der Waals surface area (Å²) in [5, 5.41) is 4.91. The summed E-state index contributed by atoms with van der Waals surface area (Å²) >= 11 is 12.0. The number of nitrogens with one attached hydrogen (secondary N) is 1. The summed E-state index contributed by atoms with van der Waals surface area (Å²) in [5.74, 6) is 1.07. The molecule has 1 unspecified atom stereocenters. The highest BCUT2D eigenvalue weighted by molar-refractivity contribution is 6.30. The fraction of sp³-hybridized carbons (Fsp3) is 0.435. The number of hydrogen-bond acceptors (Lipinski definition) is 6. The van der Waals surface area contributed by atoms with Crippen LogP contribution in [0, 0.1) is 0 Å². The molecule has 0 saturated heterocycles.